The van der Waals surface area contributed by atoms with Crippen LogP contribution < -0.4 is 0 Å². The Balaban J connectivity index is 2.48. The molecule has 0 heterocycles. The molecule has 0 aromatic rings. The second kappa shape index (κ2) is 4.61. The van der Waals surface area contributed by atoms with Gasteiger partial charge in [-0.25, -0.2) is 0 Å². The van der Waals surface area contributed by atoms with E-state index in [0.717, 1.165) is 5.33 Å². The second-order valence-electron chi connectivity index (χ2n) is 4.04. The molecule has 1 nitrogen and oxygen atoms in total. The van der Waals surface area contributed by atoms with E-state index in [2.05, 4.69) is 29.8 Å². The molecule has 1 aliphatic rings. The molecule has 0 aromatic carbocycles. The zero-order valence-corrected chi connectivity index (χ0v) is 9.69. The van der Waals surface area contributed by atoms with Crippen molar-refractivity contribution in [3.05, 3.63) is 0 Å². The molecule has 1 saturated carbocycles. The molecular formula is C10H19BrO. The quantitative estimate of drug-likeness (QED) is 0.680. The maximum absolute atomic E-state index is 5.98. The molecule has 0 aromatic heterocycles. The summed E-state index contributed by atoms with van der Waals surface area (Å²) in [5.74, 6) is 0. The van der Waals surface area contributed by atoms with Crippen LogP contribution in [0.2, 0.25) is 0 Å². The molecule has 0 atom stereocenters. The summed E-state index contributed by atoms with van der Waals surface area (Å²) in [5.41, 5.74) is 0.159. The van der Waals surface area contributed by atoms with E-state index in [4.69, 9.17) is 4.74 Å². The summed E-state index contributed by atoms with van der Waals surface area (Å²) in [7, 11) is 0. The topological polar surface area (TPSA) is 9.23 Å². The number of rotatable bonds is 3. The van der Waals surface area contributed by atoms with Crippen molar-refractivity contribution in [3.8, 4) is 0 Å². The van der Waals surface area contributed by atoms with Gasteiger partial charge in [0.15, 0.2) is 0 Å². The van der Waals surface area contributed by atoms with Gasteiger partial charge in [-0.2, -0.15) is 0 Å². The van der Waals surface area contributed by atoms with Crippen molar-refractivity contribution in [1.29, 1.82) is 0 Å². The van der Waals surface area contributed by atoms with E-state index >= 15 is 0 Å². The van der Waals surface area contributed by atoms with E-state index in [0.29, 0.717) is 6.10 Å². The average molecular weight is 235 g/mol. The first kappa shape index (κ1) is 10.5. The monoisotopic (exact) mass is 234 g/mol. The van der Waals surface area contributed by atoms with Crippen LogP contribution in [0.25, 0.3) is 0 Å². The number of ether oxygens (including phenoxy) is 1. The third-order valence-electron chi connectivity index (χ3n) is 2.49. The molecule has 1 aliphatic carbocycles. The van der Waals surface area contributed by atoms with Crippen LogP contribution in [0, 0.1) is 0 Å². The lowest BCUT2D eigenvalue weighted by Crippen LogP contribution is -2.39. The van der Waals surface area contributed by atoms with Gasteiger partial charge in [-0.05, 0) is 26.7 Å². The number of halogens is 1. The van der Waals surface area contributed by atoms with E-state index < -0.39 is 0 Å². The highest BCUT2D eigenvalue weighted by Crippen LogP contribution is 2.34. The summed E-state index contributed by atoms with van der Waals surface area (Å²) >= 11 is 3.57. The minimum Gasteiger partial charge on any atom is -0.371 e. The van der Waals surface area contributed by atoms with E-state index in [1.807, 2.05) is 0 Å². The molecular weight excluding hydrogens is 216 g/mol. The summed E-state index contributed by atoms with van der Waals surface area (Å²) in [6, 6.07) is 0. The summed E-state index contributed by atoms with van der Waals surface area (Å²) in [6.45, 7) is 4.25. The molecule has 0 spiro atoms. The molecule has 1 rings (SSSR count). The van der Waals surface area contributed by atoms with Gasteiger partial charge in [0.25, 0.3) is 0 Å². The summed E-state index contributed by atoms with van der Waals surface area (Å²) in [6.07, 6.45) is 6.88. The molecule has 1 fully saturated rings. The second-order valence-corrected chi connectivity index (χ2v) is 4.60. The van der Waals surface area contributed by atoms with Crippen LogP contribution in [0.15, 0.2) is 0 Å². The normalized spacial score (nSPS) is 23.0. The van der Waals surface area contributed by atoms with Gasteiger partial charge in [-0.3, -0.25) is 0 Å². The van der Waals surface area contributed by atoms with Crippen molar-refractivity contribution < 1.29 is 4.74 Å². The van der Waals surface area contributed by atoms with E-state index in [9.17, 15) is 0 Å². The Kier molecular flexibility index (Phi) is 4.04. The largest absolute Gasteiger partial charge is 0.371 e. The van der Waals surface area contributed by atoms with Gasteiger partial charge >= 0.3 is 0 Å². The third kappa shape index (κ3) is 2.74. The molecule has 0 N–H and O–H groups in total. The highest BCUT2D eigenvalue weighted by atomic mass is 79.9. The smallest absolute Gasteiger partial charge is 0.0782 e. The third-order valence-corrected chi connectivity index (χ3v) is 3.52. The van der Waals surface area contributed by atoms with Crippen LogP contribution in [0.5, 0.6) is 0 Å². The molecule has 12 heavy (non-hydrogen) atoms. The summed E-state index contributed by atoms with van der Waals surface area (Å²) in [4.78, 5) is 0. The SMILES string of the molecule is CC(C)OC1(CBr)CCCCC1. The molecule has 0 bridgehead atoms. The Morgan fingerprint density at radius 3 is 2.25 bits per heavy atom. The first-order valence-corrected chi connectivity index (χ1v) is 6.04. The number of hydrogen-bond donors (Lipinski definition) is 0. The van der Waals surface area contributed by atoms with Gasteiger partial charge in [0, 0.05) is 5.33 Å². The lowest BCUT2D eigenvalue weighted by Gasteiger charge is -2.37. The van der Waals surface area contributed by atoms with Crippen LogP contribution in [-0.2, 0) is 4.74 Å². The number of alkyl halides is 1. The average Bonchev–Trinajstić information content (AvgIpc) is 2.05. The zero-order chi connectivity index (χ0) is 9.03. The Bertz CT molecular complexity index is 128. The Morgan fingerprint density at radius 2 is 1.83 bits per heavy atom. The maximum Gasteiger partial charge on any atom is 0.0782 e. The van der Waals surface area contributed by atoms with Crippen molar-refractivity contribution in [2.75, 3.05) is 5.33 Å². The lowest BCUT2D eigenvalue weighted by atomic mass is 9.86. The molecule has 72 valence electrons. The van der Waals surface area contributed by atoms with Crippen LogP contribution in [0.4, 0.5) is 0 Å². The van der Waals surface area contributed by atoms with Crippen LogP contribution >= 0.6 is 15.9 Å². The fourth-order valence-electron chi connectivity index (χ4n) is 1.98. The molecule has 2 heteroatoms. The number of hydrogen-bond acceptors (Lipinski definition) is 1. The van der Waals surface area contributed by atoms with Crippen molar-refractivity contribution in [1.82, 2.24) is 0 Å². The Hall–Kier alpha value is 0.440. The predicted molar refractivity (Wildman–Crippen MR) is 55.8 cm³/mol. The lowest BCUT2D eigenvalue weighted by molar-refractivity contribution is -0.0840. The molecule has 0 radical (unpaired) electrons. The molecule has 0 aliphatic heterocycles. The molecule has 0 amide bonds. The zero-order valence-electron chi connectivity index (χ0n) is 8.11. The molecule has 0 saturated heterocycles. The van der Waals surface area contributed by atoms with Gasteiger partial charge in [-0.1, -0.05) is 35.2 Å². The minimum absolute atomic E-state index is 0.159. The van der Waals surface area contributed by atoms with Gasteiger partial charge < -0.3 is 4.74 Å². The first-order chi connectivity index (χ1) is 5.68. The van der Waals surface area contributed by atoms with Gasteiger partial charge in [0.1, 0.15) is 0 Å². The van der Waals surface area contributed by atoms with Gasteiger partial charge in [0.05, 0.1) is 11.7 Å². The Morgan fingerprint density at radius 1 is 1.25 bits per heavy atom. The minimum atomic E-state index is 0.159. The highest BCUT2D eigenvalue weighted by Gasteiger charge is 2.32. The van der Waals surface area contributed by atoms with Crippen molar-refractivity contribution in [2.24, 2.45) is 0 Å². The Labute approximate surface area is 84.0 Å². The predicted octanol–water partition coefficient (Wildman–Crippen LogP) is 3.51. The fraction of sp³-hybridized carbons (Fsp3) is 1.00. The van der Waals surface area contributed by atoms with Crippen LogP contribution in [0.1, 0.15) is 46.0 Å². The van der Waals surface area contributed by atoms with Crippen molar-refractivity contribution in [3.63, 3.8) is 0 Å². The maximum atomic E-state index is 5.98. The first-order valence-electron chi connectivity index (χ1n) is 4.92. The van der Waals surface area contributed by atoms with Crippen LogP contribution in [-0.4, -0.2) is 17.0 Å². The molecule has 0 unspecified atom stereocenters. The fourth-order valence-corrected chi connectivity index (χ4v) is 2.67. The van der Waals surface area contributed by atoms with E-state index in [-0.39, 0.29) is 5.60 Å². The van der Waals surface area contributed by atoms with Gasteiger partial charge in [-0.15, -0.1) is 0 Å². The van der Waals surface area contributed by atoms with Gasteiger partial charge in [0.2, 0.25) is 0 Å². The van der Waals surface area contributed by atoms with E-state index in [1.165, 1.54) is 32.1 Å². The van der Waals surface area contributed by atoms with Crippen molar-refractivity contribution >= 4 is 15.9 Å². The van der Waals surface area contributed by atoms with Crippen LogP contribution in [0.3, 0.4) is 0 Å². The summed E-state index contributed by atoms with van der Waals surface area (Å²) in [5, 5.41) is 0.998. The summed E-state index contributed by atoms with van der Waals surface area (Å²) < 4.78 is 5.98. The highest BCUT2D eigenvalue weighted by molar-refractivity contribution is 9.09. The standard InChI is InChI=1S/C10H19BrO/c1-9(2)12-10(8-11)6-4-3-5-7-10/h9H,3-8H2,1-2H3. The van der Waals surface area contributed by atoms with Crippen molar-refractivity contribution in [2.45, 2.75) is 57.7 Å². The van der Waals surface area contributed by atoms with E-state index in [1.54, 1.807) is 0 Å².